The van der Waals surface area contributed by atoms with Crippen LogP contribution in [0, 0.1) is 5.82 Å². The van der Waals surface area contributed by atoms with Gasteiger partial charge in [0.15, 0.2) is 0 Å². The molecule has 2 heterocycles. The Morgan fingerprint density at radius 1 is 0.923 bits per heavy atom. The number of methoxy groups -OCH3 is 1. The molecule has 26 heavy (non-hydrogen) atoms. The van der Waals surface area contributed by atoms with Gasteiger partial charge in [-0.25, -0.2) is 9.37 Å². The SMILES string of the molecule is COc1ccc(-c2c3cc(F)ccc3nc3[nH]c4ccccc4c23)cc1. The molecule has 0 amide bonds. The minimum Gasteiger partial charge on any atom is -0.497 e. The van der Waals surface area contributed by atoms with Gasteiger partial charge in [0.25, 0.3) is 0 Å². The van der Waals surface area contributed by atoms with Gasteiger partial charge in [-0.15, -0.1) is 0 Å². The van der Waals surface area contributed by atoms with Gasteiger partial charge in [0.05, 0.1) is 12.6 Å². The Balaban J connectivity index is 1.99. The zero-order valence-electron chi connectivity index (χ0n) is 14.1. The summed E-state index contributed by atoms with van der Waals surface area (Å²) in [6, 6.07) is 20.7. The average molecular weight is 342 g/mol. The first kappa shape index (κ1) is 14.9. The predicted octanol–water partition coefficient (Wildman–Crippen LogP) is 5.68. The monoisotopic (exact) mass is 342 g/mol. The number of aromatic nitrogens is 2. The molecule has 0 fully saturated rings. The van der Waals surface area contributed by atoms with Crippen molar-refractivity contribution in [3.05, 3.63) is 72.5 Å². The highest BCUT2D eigenvalue weighted by Gasteiger charge is 2.16. The van der Waals surface area contributed by atoms with E-state index in [2.05, 4.69) is 11.1 Å². The fraction of sp³-hybridized carbons (Fsp3) is 0.0455. The lowest BCUT2D eigenvalue weighted by Gasteiger charge is -2.10. The molecule has 0 spiro atoms. The van der Waals surface area contributed by atoms with Crippen molar-refractivity contribution in [3.8, 4) is 16.9 Å². The number of ether oxygens (including phenoxy) is 1. The van der Waals surface area contributed by atoms with Crippen LogP contribution >= 0.6 is 0 Å². The van der Waals surface area contributed by atoms with Crippen LogP contribution in [0.3, 0.4) is 0 Å². The summed E-state index contributed by atoms with van der Waals surface area (Å²) in [5.41, 5.74) is 4.55. The number of aromatic amines is 1. The van der Waals surface area contributed by atoms with Crippen LogP contribution in [-0.2, 0) is 0 Å². The van der Waals surface area contributed by atoms with Gasteiger partial charge in [0, 0.05) is 27.2 Å². The van der Waals surface area contributed by atoms with Crippen LogP contribution in [0.1, 0.15) is 0 Å². The third-order valence-electron chi connectivity index (χ3n) is 4.78. The highest BCUT2D eigenvalue weighted by atomic mass is 19.1. The molecule has 0 bridgehead atoms. The van der Waals surface area contributed by atoms with Gasteiger partial charge in [-0.1, -0.05) is 30.3 Å². The standard InChI is InChI=1S/C22H15FN2O/c1-26-15-9-6-13(7-10-15)20-17-12-14(23)8-11-19(17)25-22-21(20)16-4-2-3-5-18(16)24-22/h2-12H,1H3,(H,24,25). The lowest BCUT2D eigenvalue weighted by atomic mass is 9.96. The largest absolute Gasteiger partial charge is 0.497 e. The molecule has 2 aromatic heterocycles. The van der Waals surface area contributed by atoms with Crippen LogP contribution in [0.15, 0.2) is 66.7 Å². The van der Waals surface area contributed by atoms with Crippen molar-refractivity contribution in [2.24, 2.45) is 0 Å². The van der Waals surface area contributed by atoms with Crippen LogP contribution in [0.5, 0.6) is 5.75 Å². The van der Waals surface area contributed by atoms with Crippen LogP contribution < -0.4 is 4.74 Å². The van der Waals surface area contributed by atoms with Gasteiger partial charge in [0.2, 0.25) is 0 Å². The molecule has 0 unspecified atom stereocenters. The van der Waals surface area contributed by atoms with Gasteiger partial charge in [-0.3, -0.25) is 0 Å². The van der Waals surface area contributed by atoms with Crippen molar-refractivity contribution in [1.82, 2.24) is 9.97 Å². The Kier molecular flexibility index (Phi) is 3.19. The van der Waals surface area contributed by atoms with Gasteiger partial charge in [0.1, 0.15) is 17.2 Å². The number of H-pyrrole nitrogens is 1. The summed E-state index contributed by atoms with van der Waals surface area (Å²) in [6.07, 6.45) is 0. The Morgan fingerprint density at radius 2 is 1.73 bits per heavy atom. The van der Waals surface area contributed by atoms with Crippen molar-refractivity contribution in [3.63, 3.8) is 0 Å². The first-order valence-corrected chi connectivity index (χ1v) is 8.39. The maximum absolute atomic E-state index is 14.0. The van der Waals surface area contributed by atoms with E-state index < -0.39 is 0 Å². The Morgan fingerprint density at radius 3 is 2.54 bits per heavy atom. The van der Waals surface area contributed by atoms with Crippen LogP contribution in [0.25, 0.3) is 44.0 Å². The summed E-state index contributed by atoms with van der Waals surface area (Å²) in [7, 11) is 1.64. The van der Waals surface area contributed by atoms with Crippen LogP contribution in [-0.4, -0.2) is 17.1 Å². The third kappa shape index (κ3) is 2.15. The normalized spacial score (nSPS) is 11.5. The highest BCUT2D eigenvalue weighted by molar-refractivity contribution is 6.19. The number of hydrogen-bond acceptors (Lipinski definition) is 2. The molecule has 5 rings (SSSR count). The van der Waals surface area contributed by atoms with E-state index in [1.807, 2.05) is 42.5 Å². The average Bonchev–Trinajstić information content (AvgIpc) is 3.04. The second-order valence-electron chi connectivity index (χ2n) is 6.27. The van der Waals surface area contributed by atoms with Crippen molar-refractivity contribution >= 4 is 32.8 Å². The number of fused-ring (bicyclic) bond motifs is 4. The number of benzene rings is 3. The summed E-state index contributed by atoms with van der Waals surface area (Å²) in [4.78, 5) is 8.12. The van der Waals surface area contributed by atoms with E-state index in [0.717, 1.165) is 49.7 Å². The molecule has 3 aromatic carbocycles. The summed E-state index contributed by atoms with van der Waals surface area (Å²) in [5.74, 6) is 0.515. The van der Waals surface area contributed by atoms with Crippen molar-refractivity contribution < 1.29 is 9.13 Å². The van der Waals surface area contributed by atoms with E-state index in [-0.39, 0.29) is 5.82 Å². The molecular formula is C22H15FN2O. The molecular weight excluding hydrogens is 327 g/mol. The van der Waals surface area contributed by atoms with Crippen molar-refractivity contribution in [2.75, 3.05) is 7.11 Å². The van der Waals surface area contributed by atoms with Crippen molar-refractivity contribution in [1.29, 1.82) is 0 Å². The number of para-hydroxylation sites is 1. The molecule has 4 heteroatoms. The van der Waals surface area contributed by atoms with E-state index in [9.17, 15) is 4.39 Å². The first-order valence-electron chi connectivity index (χ1n) is 8.39. The minimum atomic E-state index is -0.270. The Bertz CT molecular complexity index is 1270. The summed E-state index contributed by atoms with van der Waals surface area (Å²) < 4.78 is 19.3. The second-order valence-corrected chi connectivity index (χ2v) is 6.27. The van der Waals surface area contributed by atoms with Crippen molar-refractivity contribution in [2.45, 2.75) is 0 Å². The molecule has 0 aliphatic carbocycles. The van der Waals surface area contributed by atoms with Crippen LogP contribution in [0.2, 0.25) is 0 Å². The zero-order chi connectivity index (χ0) is 17.7. The predicted molar refractivity (Wildman–Crippen MR) is 103 cm³/mol. The highest BCUT2D eigenvalue weighted by Crippen LogP contribution is 2.39. The second kappa shape index (κ2) is 5.56. The molecule has 126 valence electrons. The fourth-order valence-electron chi connectivity index (χ4n) is 3.58. The number of nitrogens with zero attached hydrogens (tertiary/aromatic N) is 1. The quantitative estimate of drug-likeness (QED) is 0.448. The fourth-order valence-corrected chi connectivity index (χ4v) is 3.58. The van der Waals surface area contributed by atoms with E-state index in [4.69, 9.17) is 9.72 Å². The van der Waals surface area contributed by atoms with E-state index >= 15 is 0 Å². The Labute approximate surface area is 149 Å². The van der Waals surface area contributed by atoms with Gasteiger partial charge in [-0.2, -0.15) is 0 Å². The topological polar surface area (TPSA) is 37.9 Å². The maximum Gasteiger partial charge on any atom is 0.139 e. The summed E-state index contributed by atoms with van der Waals surface area (Å²) in [6.45, 7) is 0. The van der Waals surface area contributed by atoms with E-state index in [1.165, 1.54) is 6.07 Å². The molecule has 0 saturated heterocycles. The molecule has 0 saturated carbocycles. The number of hydrogen-bond donors (Lipinski definition) is 1. The lowest BCUT2D eigenvalue weighted by Crippen LogP contribution is -1.90. The molecule has 5 aromatic rings. The molecule has 0 aliphatic rings. The van der Waals surface area contributed by atoms with Crippen LogP contribution in [0.4, 0.5) is 4.39 Å². The number of rotatable bonds is 2. The summed E-state index contributed by atoms with van der Waals surface area (Å²) >= 11 is 0. The minimum absolute atomic E-state index is 0.270. The third-order valence-corrected chi connectivity index (χ3v) is 4.78. The molecule has 0 aliphatic heterocycles. The number of pyridine rings is 1. The van der Waals surface area contributed by atoms with Gasteiger partial charge < -0.3 is 9.72 Å². The number of halogens is 1. The maximum atomic E-state index is 14.0. The van der Waals surface area contributed by atoms with E-state index in [1.54, 1.807) is 19.2 Å². The molecule has 3 nitrogen and oxygen atoms in total. The van der Waals surface area contributed by atoms with Gasteiger partial charge >= 0.3 is 0 Å². The molecule has 1 N–H and O–H groups in total. The zero-order valence-corrected chi connectivity index (χ0v) is 14.1. The Hall–Kier alpha value is -3.40. The summed E-state index contributed by atoms with van der Waals surface area (Å²) in [5, 5.41) is 2.88. The smallest absolute Gasteiger partial charge is 0.139 e. The lowest BCUT2D eigenvalue weighted by molar-refractivity contribution is 0.415. The van der Waals surface area contributed by atoms with E-state index in [0.29, 0.717) is 0 Å². The first-order chi connectivity index (χ1) is 12.7. The van der Waals surface area contributed by atoms with Gasteiger partial charge in [-0.05, 0) is 42.0 Å². The molecule has 0 radical (unpaired) electrons. The number of nitrogens with one attached hydrogen (secondary N) is 1. The molecule has 0 atom stereocenters.